The number of nitrogens with zero attached hydrogens (tertiary/aromatic N) is 2. The number of nitriles is 1. The molecule has 9 heteroatoms. The van der Waals surface area contributed by atoms with Gasteiger partial charge in [-0.2, -0.15) is 5.26 Å². The van der Waals surface area contributed by atoms with Gasteiger partial charge in [0.25, 0.3) is 5.91 Å². The van der Waals surface area contributed by atoms with E-state index in [1.165, 1.54) is 19.1 Å². The Morgan fingerprint density at radius 1 is 1.29 bits per heavy atom. The van der Waals surface area contributed by atoms with E-state index in [0.29, 0.717) is 16.8 Å². The van der Waals surface area contributed by atoms with Gasteiger partial charge in [0.2, 0.25) is 0 Å². The number of halogens is 1. The molecule has 0 aliphatic rings. The number of benzene rings is 2. The van der Waals surface area contributed by atoms with Crippen molar-refractivity contribution in [3.8, 4) is 6.07 Å². The topological polar surface area (TPSA) is 92.1 Å². The van der Waals surface area contributed by atoms with Crippen LogP contribution in [0.1, 0.15) is 33.5 Å². The number of aromatic nitrogens is 1. The normalized spacial score (nSPS) is 11.4. The number of anilines is 1. The molecular formula is C22H18ClN3O3S2. The van der Waals surface area contributed by atoms with Crippen molar-refractivity contribution in [3.05, 3.63) is 74.7 Å². The SMILES string of the molecule is Cc1nc(CSc2ccc(C(=O)O[C@H](C)C(=O)Nc3ccc(C#N)c(Cl)c3)cc2)cs1. The molecule has 0 bridgehead atoms. The zero-order valence-corrected chi connectivity index (χ0v) is 19.1. The summed E-state index contributed by atoms with van der Waals surface area (Å²) in [5.41, 5.74) is 2.10. The quantitative estimate of drug-likeness (QED) is 0.363. The van der Waals surface area contributed by atoms with Crippen LogP contribution in [0.3, 0.4) is 0 Å². The van der Waals surface area contributed by atoms with Gasteiger partial charge in [0, 0.05) is 21.7 Å². The number of hydrogen-bond acceptors (Lipinski definition) is 7. The maximum absolute atomic E-state index is 12.4. The van der Waals surface area contributed by atoms with Crippen LogP contribution >= 0.6 is 34.7 Å². The van der Waals surface area contributed by atoms with Gasteiger partial charge in [0.1, 0.15) is 6.07 Å². The van der Waals surface area contributed by atoms with Crippen LogP contribution in [0.4, 0.5) is 5.69 Å². The fraction of sp³-hybridized carbons (Fsp3) is 0.182. The second-order valence-electron chi connectivity index (χ2n) is 6.51. The Labute approximate surface area is 193 Å². The predicted octanol–water partition coefficient (Wildman–Crippen LogP) is 5.45. The van der Waals surface area contributed by atoms with Crippen molar-refractivity contribution in [1.82, 2.24) is 4.98 Å². The highest BCUT2D eigenvalue weighted by Gasteiger charge is 2.19. The smallest absolute Gasteiger partial charge is 0.338 e. The number of ether oxygens (including phenoxy) is 1. The van der Waals surface area contributed by atoms with Gasteiger partial charge in [-0.05, 0) is 56.3 Å². The van der Waals surface area contributed by atoms with Crippen molar-refractivity contribution < 1.29 is 14.3 Å². The van der Waals surface area contributed by atoms with E-state index in [0.717, 1.165) is 21.3 Å². The second kappa shape index (κ2) is 10.4. The molecule has 0 unspecified atom stereocenters. The first-order valence-corrected chi connectivity index (χ1v) is 11.5. The number of hydrogen-bond donors (Lipinski definition) is 1. The first-order chi connectivity index (χ1) is 14.9. The van der Waals surface area contributed by atoms with Crippen LogP contribution in [-0.2, 0) is 15.3 Å². The van der Waals surface area contributed by atoms with E-state index in [4.69, 9.17) is 21.6 Å². The van der Waals surface area contributed by atoms with Crippen molar-refractivity contribution in [2.75, 3.05) is 5.32 Å². The van der Waals surface area contributed by atoms with Crippen LogP contribution in [0.15, 0.2) is 52.7 Å². The molecule has 2 aromatic carbocycles. The van der Waals surface area contributed by atoms with Crippen LogP contribution in [0.2, 0.25) is 5.02 Å². The molecule has 6 nitrogen and oxygen atoms in total. The molecule has 1 amide bonds. The van der Waals surface area contributed by atoms with Gasteiger partial charge in [0.05, 0.1) is 26.9 Å². The van der Waals surface area contributed by atoms with Crippen molar-refractivity contribution in [2.24, 2.45) is 0 Å². The molecule has 0 fully saturated rings. The predicted molar refractivity (Wildman–Crippen MR) is 123 cm³/mol. The van der Waals surface area contributed by atoms with E-state index in [2.05, 4.69) is 10.3 Å². The molecule has 3 aromatic rings. The Kier molecular flexibility index (Phi) is 7.69. The van der Waals surface area contributed by atoms with E-state index in [-0.39, 0.29) is 5.02 Å². The number of carbonyl (C=O) groups is 2. The molecule has 0 radical (unpaired) electrons. The summed E-state index contributed by atoms with van der Waals surface area (Å²) in [7, 11) is 0. The third kappa shape index (κ3) is 6.31. The van der Waals surface area contributed by atoms with Crippen molar-refractivity contribution in [3.63, 3.8) is 0 Å². The molecule has 3 rings (SSSR count). The van der Waals surface area contributed by atoms with Gasteiger partial charge in [-0.25, -0.2) is 9.78 Å². The molecule has 31 heavy (non-hydrogen) atoms. The highest BCUT2D eigenvalue weighted by atomic mass is 35.5. The standard InChI is InChI=1S/C22H18ClN3O3S2/c1-13(21(27)26-17-6-3-16(10-24)20(23)9-17)29-22(28)15-4-7-19(8-5-15)31-12-18-11-30-14(2)25-18/h3-9,11,13H,12H2,1-2H3,(H,26,27)/t13-/m1/s1. The molecule has 0 aliphatic carbocycles. The number of rotatable bonds is 7. The van der Waals surface area contributed by atoms with E-state index in [9.17, 15) is 9.59 Å². The minimum atomic E-state index is -1.01. The van der Waals surface area contributed by atoms with Crippen molar-refractivity contribution >= 4 is 52.3 Å². The van der Waals surface area contributed by atoms with Crippen molar-refractivity contribution in [2.45, 2.75) is 30.6 Å². The molecule has 158 valence electrons. The summed E-state index contributed by atoms with van der Waals surface area (Å²) in [6, 6.07) is 13.5. The Morgan fingerprint density at radius 3 is 2.65 bits per heavy atom. The van der Waals surface area contributed by atoms with Crippen LogP contribution in [0, 0.1) is 18.3 Å². The van der Waals surface area contributed by atoms with E-state index < -0.39 is 18.0 Å². The van der Waals surface area contributed by atoms with Crippen LogP contribution in [0.25, 0.3) is 0 Å². The highest BCUT2D eigenvalue weighted by molar-refractivity contribution is 7.98. The molecule has 0 saturated heterocycles. The Hall–Kier alpha value is -2.86. The first-order valence-electron chi connectivity index (χ1n) is 9.21. The highest BCUT2D eigenvalue weighted by Crippen LogP contribution is 2.24. The van der Waals surface area contributed by atoms with Gasteiger partial charge in [-0.3, -0.25) is 4.79 Å². The number of carbonyl (C=O) groups excluding carboxylic acids is 2. The summed E-state index contributed by atoms with van der Waals surface area (Å²) in [6.07, 6.45) is -1.01. The van der Waals surface area contributed by atoms with Gasteiger partial charge >= 0.3 is 5.97 Å². The fourth-order valence-corrected chi connectivity index (χ4v) is 4.26. The summed E-state index contributed by atoms with van der Waals surface area (Å²) < 4.78 is 5.27. The summed E-state index contributed by atoms with van der Waals surface area (Å²) in [5, 5.41) is 14.8. The number of thioether (sulfide) groups is 1. The van der Waals surface area contributed by atoms with Crippen LogP contribution in [0.5, 0.6) is 0 Å². The first kappa shape index (κ1) is 22.8. The molecule has 1 atom stereocenters. The molecule has 0 aliphatic heterocycles. The Bertz CT molecular complexity index is 1140. The summed E-state index contributed by atoms with van der Waals surface area (Å²) in [6.45, 7) is 3.46. The van der Waals surface area contributed by atoms with Crippen molar-refractivity contribution in [1.29, 1.82) is 5.26 Å². The van der Waals surface area contributed by atoms with E-state index in [1.807, 2.05) is 30.5 Å². The summed E-state index contributed by atoms with van der Waals surface area (Å²) in [5.74, 6) is -0.336. The lowest BCUT2D eigenvalue weighted by Crippen LogP contribution is -2.30. The largest absolute Gasteiger partial charge is 0.449 e. The zero-order chi connectivity index (χ0) is 22.4. The monoisotopic (exact) mass is 471 g/mol. The van der Waals surface area contributed by atoms with Gasteiger partial charge < -0.3 is 10.1 Å². The molecule has 0 saturated carbocycles. The van der Waals surface area contributed by atoms with Gasteiger partial charge in [-0.1, -0.05) is 11.6 Å². The summed E-state index contributed by atoms with van der Waals surface area (Å²) >= 11 is 9.21. The Morgan fingerprint density at radius 2 is 2.03 bits per heavy atom. The van der Waals surface area contributed by atoms with Gasteiger partial charge in [-0.15, -0.1) is 23.1 Å². The minimum absolute atomic E-state index is 0.229. The summed E-state index contributed by atoms with van der Waals surface area (Å²) in [4.78, 5) is 30.1. The number of thiazole rings is 1. The average Bonchev–Trinajstić information content (AvgIpc) is 3.17. The zero-order valence-electron chi connectivity index (χ0n) is 16.7. The molecule has 1 aromatic heterocycles. The third-order valence-corrected chi connectivity index (χ3v) is 6.33. The minimum Gasteiger partial charge on any atom is -0.449 e. The molecule has 1 heterocycles. The lowest BCUT2D eigenvalue weighted by atomic mass is 10.2. The lowest BCUT2D eigenvalue weighted by molar-refractivity contribution is -0.123. The molecule has 0 spiro atoms. The van der Waals surface area contributed by atoms with Gasteiger partial charge in [0.15, 0.2) is 6.10 Å². The fourth-order valence-electron chi connectivity index (χ4n) is 2.53. The second-order valence-corrected chi connectivity index (χ2v) is 9.03. The number of amides is 1. The van der Waals surface area contributed by atoms with Crippen LogP contribution < -0.4 is 5.32 Å². The third-order valence-electron chi connectivity index (χ3n) is 4.15. The number of aryl methyl sites for hydroxylation is 1. The number of nitrogens with one attached hydrogen (secondary N) is 1. The van der Waals surface area contributed by atoms with E-state index in [1.54, 1.807) is 41.3 Å². The van der Waals surface area contributed by atoms with Crippen LogP contribution in [-0.4, -0.2) is 23.0 Å². The maximum atomic E-state index is 12.4. The molecular weight excluding hydrogens is 454 g/mol. The maximum Gasteiger partial charge on any atom is 0.338 e. The average molecular weight is 472 g/mol. The lowest BCUT2D eigenvalue weighted by Gasteiger charge is -2.14. The molecule has 1 N–H and O–H groups in total. The Balaban J connectivity index is 1.53. The number of esters is 1. The van der Waals surface area contributed by atoms with E-state index >= 15 is 0 Å².